The number of nitrogens with two attached hydrogens (primary N) is 1. The minimum atomic E-state index is 0.0250. The highest BCUT2D eigenvalue weighted by Crippen LogP contribution is 2.29. The molecule has 3 atom stereocenters. The predicted octanol–water partition coefficient (Wildman–Crippen LogP) is 2.84. The van der Waals surface area contributed by atoms with Gasteiger partial charge in [-0.1, -0.05) is 26.7 Å². The number of carbonyl (C=O) groups excluding carboxylic acids is 1. The summed E-state index contributed by atoms with van der Waals surface area (Å²) in [4.78, 5) is 12.4. The van der Waals surface area contributed by atoms with E-state index in [2.05, 4.69) is 24.6 Å². The average Bonchev–Trinajstić information content (AvgIpc) is 2.43. The molecule has 1 aromatic rings. The third-order valence-electron chi connectivity index (χ3n) is 4.66. The summed E-state index contributed by atoms with van der Waals surface area (Å²) in [5, 5.41) is 3.20. The van der Waals surface area contributed by atoms with Crippen molar-refractivity contribution < 1.29 is 4.79 Å². The van der Waals surface area contributed by atoms with Gasteiger partial charge in [-0.05, 0) is 48.9 Å². The highest BCUT2D eigenvalue weighted by molar-refractivity contribution is 5.96. The predicted molar refractivity (Wildman–Crippen MR) is 82.4 cm³/mol. The van der Waals surface area contributed by atoms with Gasteiger partial charge in [0.1, 0.15) is 0 Å². The Bertz CT molecular complexity index is 487. The number of hydrogen-bond acceptors (Lipinski definition) is 3. The first kappa shape index (κ1) is 14.9. The summed E-state index contributed by atoms with van der Waals surface area (Å²) in [6, 6.07) is 5.84. The standard InChI is InChI=1S/C16H25N3O/c1-10-5-4-6-15(12(10)3)18-16(20)14-8-7-13(19-17)9-11(14)2/h7-10,12,15,19H,4-6,17H2,1-3H3,(H,18,20). The van der Waals surface area contributed by atoms with Gasteiger partial charge in [-0.2, -0.15) is 0 Å². The first-order valence-corrected chi connectivity index (χ1v) is 7.41. The molecule has 0 bridgehead atoms. The number of anilines is 1. The zero-order valence-electron chi connectivity index (χ0n) is 12.6. The second kappa shape index (κ2) is 6.27. The first-order chi connectivity index (χ1) is 9.52. The van der Waals surface area contributed by atoms with Crippen molar-refractivity contribution in [2.75, 3.05) is 5.43 Å². The molecule has 1 aliphatic carbocycles. The largest absolute Gasteiger partial charge is 0.349 e. The van der Waals surface area contributed by atoms with Crippen LogP contribution < -0.4 is 16.6 Å². The lowest BCUT2D eigenvalue weighted by Gasteiger charge is -2.34. The second-order valence-electron chi connectivity index (χ2n) is 6.02. The number of rotatable bonds is 3. The summed E-state index contributed by atoms with van der Waals surface area (Å²) >= 11 is 0. The molecular formula is C16H25N3O. The maximum absolute atomic E-state index is 12.4. The van der Waals surface area contributed by atoms with Crippen molar-refractivity contribution in [3.05, 3.63) is 29.3 Å². The number of nitrogens with one attached hydrogen (secondary N) is 2. The van der Waals surface area contributed by atoms with Crippen LogP contribution in [0.15, 0.2) is 18.2 Å². The van der Waals surface area contributed by atoms with E-state index in [1.54, 1.807) is 0 Å². The Hall–Kier alpha value is -1.55. The minimum Gasteiger partial charge on any atom is -0.349 e. The van der Waals surface area contributed by atoms with Crippen LogP contribution in [0.1, 0.15) is 49.0 Å². The Kier molecular flexibility index (Phi) is 4.65. The Morgan fingerprint density at radius 1 is 1.30 bits per heavy atom. The van der Waals surface area contributed by atoms with E-state index in [-0.39, 0.29) is 11.9 Å². The van der Waals surface area contributed by atoms with Crippen molar-refractivity contribution in [1.82, 2.24) is 5.32 Å². The van der Waals surface area contributed by atoms with Crippen molar-refractivity contribution >= 4 is 11.6 Å². The van der Waals surface area contributed by atoms with Crippen LogP contribution in [-0.4, -0.2) is 11.9 Å². The Labute approximate surface area is 121 Å². The summed E-state index contributed by atoms with van der Waals surface area (Å²) in [5.74, 6) is 6.62. The zero-order chi connectivity index (χ0) is 14.7. The molecule has 110 valence electrons. The number of carbonyl (C=O) groups is 1. The molecule has 4 N–H and O–H groups in total. The van der Waals surface area contributed by atoms with Gasteiger partial charge >= 0.3 is 0 Å². The summed E-state index contributed by atoms with van der Waals surface area (Å²) in [6.45, 7) is 6.45. The highest BCUT2D eigenvalue weighted by Gasteiger charge is 2.28. The molecule has 0 spiro atoms. The fraction of sp³-hybridized carbons (Fsp3) is 0.562. The quantitative estimate of drug-likeness (QED) is 0.587. The third-order valence-corrected chi connectivity index (χ3v) is 4.66. The van der Waals surface area contributed by atoms with E-state index in [4.69, 9.17) is 5.84 Å². The minimum absolute atomic E-state index is 0.0250. The molecular weight excluding hydrogens is 250 g/mol. The molecule has 0 radical (unpaired) electrons. The van der Waals surface area contributed by atoms with E-state index in [0.717, 1.165) is 23.2 Å². The van der Waals surface area contributed by atoms with Crippen LogP contribution >= 0.6 is 0 Å². The van der Waals surface area contributed by atoms with Crippen molar-refractivity contribution in [3.63, 3.8) is 0 Å². The van der Waals surface area contributed by atoms with E-state index in [1.807, 2.05) is 25.1 Å². The van der Waals surface area contributed by atoms with Crippen LogP contribution in [0.5, 0.6) is 0 Å². The SMILES string of the molecule is Cc1cc(NN)ccc1C(=O)NC1CCCC(C)C1C. The van der Waals surface area contributed by atoms with Crippen LogP contribution in [-0.2, 0) is 0 Å². The molecule has 1 aromatic carbocycles. The van der Waals surface area contributed by atoms with Gasteiger partial charge in [0.25, 0.3) is 5.91 Å². The van der Waals surface area contributed by atoms with Gasteiger partial charge in [0, 0.05) is 17.3 Å². The monoisotopic (exact) mass is 275 g/mol. The third kappa shape index (κ3) is 3.12. The van der Waals surface area contributed by atoms with Crippen LogP contribution in [0.2, 0.25) is 0 Å². The van der Waals surface area contributed by atoms with Crippen LogP contribution in [0.4, 0.5) is 5.69 Å². The van der Waals surface area contributed by atoms with Gasteiger partial charge in [-0.25, -0.2) is 0 Å². The topological polar surface area (TPSA) is 67.1 Å². The molecule has 1 aliphatic rings. The number of benzene rings is 1. The number of hydrogen-bond donors (Lipinski definition) is 3. The number of aryl methyl sites for hydroxylation is 1. The summed E-state index contributed by atoms with van der Waals surface area (Å²) in [5.41, 5.74) is 5.08. The van der Waals surface area contributed by atoms with Crippen molar-refractivity contribution in [3.8, 4) is 0 Å². The maximum atomic E-state index is 12.4. The molecule has 1 amide bonds. The summed E-state index contributed by atoms with van der Waals surface area (Å²) in [6.07, 6.45) is 3.55. The Morgan fingerprint density at radius 2 is 2.05 bits per heavy atom. The fourth-order valence-electron chi connectivity index (χ4n) is 3.04. The lowest BCUT2D eigenvalue weighted by molar-refractivity contribution is 0.0890. The summed E-state index contributed by atoms with van der Waals surface area (Å²) < 4.78 is 0. The molecule has 4 nitrogen and oxygen atoms in total. The molecule has 0 aromatic heterocycles. The van der Waals surface area contributed by atoms with Crippen molar-refractivity contribution in [2.45, 2.75) is 46.1 Å². The van der Waals surface area contributed by atoms with E-state index in [1.165, 1.54) is 12.8 Å². The van der Waals surface area contributed by atoms with Crippen LogP contribution in [0.3, 0.4) is 0 Å². The molecule has 4 heteroatoms. The maximum Gasteiger partial charge on any atom is 0.251 e. The molecule has 0 heterocycles. The van der Waals surface area contributed by atoms with Gasteiger partial charge in [-0.15, -0.1) is 0 Å². The van der Waals surface area contributed by atoms with Gasteiger partial charge in [0.05, 0.1) is 0 Å². The van der Waals surface area contributed by atoms with Gasteiger partial charge in [0.15, 0.2) is 0 Å². The first-order valence-electron chi connectivity index (χ1n) is 7.41. The molecule has 0 saturated heterocycles. The number of amides is 1. The normalized spacial score (nSPS) is 26.1. The Morgan fingerprint density at radius 3 is 2.70 bits per heavy atom. The smallest absolute Gasteiger partial charge is 0.251 e. The Balaban J connectivity index is 2.08. The van der Waals surface area contributed by atoms with Gasteiger partial charge in [0.2, 0.25) is 0 Å². The zero-order valence-corrected chi connectivity index (χ0v) is 12.6. The van der Waals surface area contributed by atoms with Gasteiger partial charge in [-0.3, -0.25) is 10.6 Å². The number of hydrazine groups is 1. The van der Waals surface area contributed by atoms with E-state index < -0.39 is 0 Å². The van der Waals surface area contributed by atoms with E-state index >= 15 is 0 Å². The van der Waals surface area contributed by atoms with E-state index in [0.29, 0.717) is 11.8 Å². The molecule has 20 heavy (non-hydrogen) atoms. The molecule has 3 unspecified atom stereocenters. The van der Waals surface area contributed by atoms with Crippen LogP contribution in [0.25, 0.3) is 0 Å². The molecule has 0 aliphatic heterocycles. The lowest BCUT2D eigenvalue weighted by Crippen LogP contribution is -2.43. The molecule has 1 fully saturated rings. The fourth-order valence-corrected chi connectivity index (χ4v) is 3.04. The van der Waals surface area contributed by atoms with Gasteiger partial charge < -0.3 is 10.7 Å². The van der Waals surface area contributed by atoms with Crippen molar-refractivity contribution in [2.24, 2.45) is 17.7 Å². The molecule has 2 rings (SSSR count). The van der Waals surface area contributed by atoms with Crippen molar-refractivity contribution in [1.29, 1.82) is 0 Å². The average molecular weight is 275 g/mol. The molecule has 1 saturated carbocycles. The number of nitrogen functional groups attached to an aromatic ring is 1. The summed E-state index contributed by atoms with van der Waals surface area (Å²) in [7, 11) is 0. The van der Waals surface area contributed by atoms with Crippen LogP contribution in [0, 0.1) is 18.8 Å². The van der Waals surface area contributed by atoms with E-state index in [9.17, 15) is 4.79 Å². The highest BCUT2D eigenvalue weighted by atomic mass is 16.1. The second-order valence-corrected chi connectivity index (χ2v) is 6.02. The lowest BCUT2D eigenvalue weighted by atomic mass is 9.78.